The molecule has 0 aliphatic rings. The number of furan rings is 1. The van der Waals surface area contributed by atoms with Gasteiger partial charge in [0.25, 0.3) is 0 Å². The van der Waals surface area contributed by atoms with Crippen molar-refractivity contribution in [3.63, 3.8) is 0 Å². The van der Waals surface area contributed by atoms with E-state index in [4.69, 9.17) is 9.68 Å². The lowest BCUT2D eigenvalue weighted by Crippen LogP contribution is -2.32. The van der Waals surface area contributed by atoms with Gasteiger partial charge < -0.3 is 9.32 Å². The molecule has 0 aliphatic carbocycles. The second kappa shape index (κ2) is 8.33. The van der Waals surface area contributed by atoms with E-state index in [0.29, 0.717) is 25.9 Å². The highest BCUT2D eigenvalue weighted by molar-refractivity contribution is 5.76. The van der Waals surface area contributed by atoms with E-state index in [0.717, 1.165) is 18.8 Å². The van der Waals surface area contributed by atoms with Gasteiger partial charge in [-0.05, 0) is 18.7 Å². The maximum Gasteiger partial charge on any atom is 0.223 e. The van der Waals surface area contributed by atoms with E-state index in [-0.39, 0.29) is 5.91 Å². The molecule has 1 rings (SSSR count). The lowest BCUT2D eigenvalue weighted by molar-refractivity contribution is -0.130. The molecule has 0 saturated carbocycles. The number of carbonyl (C=O) groups excluding carboxylic acids is 1. The normalized spacial score (nSPS) is 10.4. The molecule has 5 nitrogen and oxygen atoms in total. The summed E-state index contributed by atoms with van der Waals surface area (Å²) in [6.45, 7) is 4.86. The van der Waals surface area contributed by atoms with Crippen LogP contribution in [0.2, 0.25) is 0 Å². The zero-order valence-electron chi connectivity index (χ0n) is 11.6. The molecule has 1 aromatic heterocycles. The lowest BCUT2D eigenvalue weighted by atomic mass is 10.3. The molecule has 1 amide bonds. The molecule has 0 unspecified atom stereocenters. The van der Waals surface area contributed by atoms with Crippen LogP contribution in [0.4, 0.5) is 0 Å². The molecule has 1 heterocycles. The second-order valence-corrected chi connectivity index (χ2v) is 4.42. The van der Waals surface area contributed by atoms with Crippen LogP contribution in [0.15, 0.2) is 22.8 Å². The highest BCUT2D eigenvalue weighted by atomic mass is 16.3. The van der Waals surface area contributed by atoms with Gasteiger partial charge in [-0.15, -0.1) is 0 Å². The van der Waals surface area contributed by atoms with Crippen LogP contribution >= 0.6 is 0 Å². The highest BCUT2D eigenvalue weighted by Crippen LogP contribution is 2.06. The summed E-state index contributed by atoms with van der Waals surface area (Å²) in [7, 11) is 1.74. The molecule has 0 spiro atoms. The van der Waals surface area contributed by atoms with Gasteiger partial charge in [0.2, 0.25) is 5.91 Å². The minimum Gasteiger partial charge on any atom is -0.468 e. The molecule has 0 aliphatic heterocycles. The number of hydrogen-bond donors (Lipinski definition) is 0. The van der Waals surface area contributed by atoms with E-state index in [1.54, 1.807) is 18.2 Å². The maximum absolute atomic E-state index is 11.8. The molecule has 19 heavy (non-hydrogen) atoms. The zero-order valence-corrected chi connectivity index (χ0v) is 11.6. The molecule has 0 saturated heterocycles. The molecular formula is C14H21N3O2. The average Bonchev–Trinajstić information content (AvgIpc) is 2.93. The van der Waals surface area contributed by atoms with Gasteiger partial charge >= 0.3 is 0 Å². The van der Waals surface area contributed by atoms with Gasteiger partial charge in [0, 0.05) is 26.6 Å². The Morgan fingerprint density at radius 2 is 2.26 bits per heavy atom. The number of nitriles is 1. The van der Waals surface area contributed by atoms with E-state index < -0.39 is 0 Å². The van der Waals surface area contributed by atoms with Gasteiger partial charge in [0.1, 0.15) is 5.76 Å². The summed E-state index contributed by atoms with van der Waals surface area (Å²) in [4.78, 5) is 15.6. The van der Waals surface area contributed by atoms with Crippen molar-refractivity contribution >= 4 is 5.91 Å². The largest absolute Gasteiger partial charge is 0.468 e. The first-order valence-corrected chi connectivity index (χ1v) is 6.53. The van der Waals surface area contributed by atoms with Crippen molar-refractivity contribution in [3.8, 4) is 6.07 Å². The number of nitrogens with zero attached hydrogens (tertiary/aromatic N) is 3. The highest BCUT2D eigenvalue weighted by Gasteiger charge is 2.11. The zero-order chi connectivity index (χ0) is 14.1. The van der Waals surface area contributed by atoms with Gasteiger partial charge in [-0.3, -0.25) is 9.69 Å². The molecule has 0 atom stereocenters. The van der Waals surface area contributed by atoms with E-state index in [9.17, 15) is 4.79 Å². The van der Waals surface area contributed by atoms with Crippen molar-refractivity contribution < 1.29 is 9.21 Å². The van der Waals surface area contributed by atoms with Crippen LogP contribution in [0.1, 0.15) is 25.5 Å². The standard InChI is InChI=1S/C14H21N3O2/c1-3-17(12-13-6-4-11-19-13)10-7-14(18)16(2)9-5-8-15/h4,6,11H,3,5,7,9-10,12H2,1-2H3. The molecule has 0 radical (unpaired) electrons. The fraction of sp³-hybridized carbons (Fsp3) is 0.571. The van der Waals surface area contributed by atoms with Crippen molar-refractivity contribution in [2.75, 3.05) is 26.7 Å². The Morgan fingerprint density at radius 1 is 1.47 bits per heavy atom. The van der Waals surface area contributed by atoms with Gasteiger partial charge in [-0.1, -0.05) is 6.92 Å². The number of amides is 1. The second-order valence-electron chi connectivity index (χ2n) is 4.42. The Morgan fingerprint density at radius 3 is 2.84 bits per heavy atom. The van der Waals surface area contributed by atoms with Crippen LogP contribution in [0.5, 0.6) is 0 Å². The Bertz CT molecular complexity index is 409. The molecule has 104 valence electrons. The summed E-state index contributed by atoms with van der Waals surface area (Å²) in [6, 6.07) is 5.84. The number of hydrogen-bond acceptors (Lipinski definition) is 4. The van der Waals surface area contributed by atoms with Crippen LogP contribution in [0, 0.1) is 11.3 Å². The Labute approximate surface area is 114 Å². The summed E-state index contributed by atoms with van der Waals surface area (Å²) < 4.78 is 5.30. The molecule has 5 heteroatoms. The summed E-state index contributed by atoms with van der Waals surface area (Å²) in [5.74, 6) is 0.986. The predicted molar refractivity (Wildman–Crippen MR) is 72.1 cm³/mol. The third-order valence-corrected chi connectivity index (χ3v) is 3.03. The fourth-order valence-corrected chi connectivity index (χ4v) is 1.76. The SMILES string of the molecule is CCN(CCC(=O)N(C)CCC#N)Cc1ccco1. The van der Waals surface area contributed by atoms with E-state index in [2.05, 4.69) is 11.8 Å². The van der Waals surface area contributed by atoms with Gasteiger partial charge in [0.15, 0.2) is 0 Å². The summed E-state index contributed by atoms with van der Waals surface area (Å²) >= 11 is 0. The first-order valence-electron chi connectivity index (χ1n) is 6.53. The fourth-order valence-electron chi connectivity index (χ4n) is 1.76. The monoisotopic (exact) mass is 263 g/mol. The third kappa shape index (κ3) is 5.58. The van der Waals surface area contributed by atoms with Crippen LogP contribution in [-0.4, -0.2) is 42.4 Å². The van der Waals surface area contributed by atoms with Crippen molar-refractivity contribution in [2.24, 2.45) is 0 Å². The first kappa shape index (κ1) is 15.3. The van der Waals surface area contributed by atoms with Gasteiger partial charge in [-0.25, -0.2) is 0 Å². The summed E-state index contributed by atoms with van der Waals surface area (Å²) in [5.41, 5.74) is 0. The van der Waals surface area contributed by atoms with Crippen molar-refractivity contribution in [3.05, 3.63) is 24.2 Å². The Hall–Kier alpha value is -1.80. The summed E-state index contributed by atoms with van der Waals surface area (Å²) in [5, 5.41) is 8.49. The summed E-state index contributed by atoms with van der Waals surface area (Å²) in [6.07, 6.45) is 2.51. The molecule has 0 fully saturated rings. The van der Waals surface area contributed by atoms with Crippen molar-refractivity contribution in [1.82, 2.24) is 9.80 Å². The average molecular weight is 263 g/mol. The minimum atomic E-state index is 0.0770. The van der Waals surface area contributed by atoms with Crippen LogP contribution in [0.3, 0.4) is 0 Å². The van der Waals surface area contributed by atoms with Crippen LogP contribution < -0.4 is 0 Å². The van der Waals surface area contributed by atoms with Gasteiger partial charge in [0.05, 0.1) is 25.3 Å². The van der Waals surface area contributed by atoms with E-state index in [1.165, 1.54) is 0 Å². The number of rotatable bonds is 8. The predicted octanol–water partition coefficient (Wildman–Crippen LogP) is 1.86. The topological polar surface area (TPSA) is 60.5 Å². The molecule has 0 aromatic carbocycles. The van der Waals surface area contributed by atoms with Crippen LogP contribution in [-0.2, 0) is 11.3 Å². The number of carbonyl (C=O) groups is 1. The van der Waals surface area contributed by atoms with E-state index >= 15 is 0 Å². The molecular weight excluding hydrogens is 242 g/mol. The molecule has 1 aromatic rings. The third-order valence-electron chi connectivity index (χ3n) is 3.03. The van der Waals surface area contributed by atoms with Crippen molar-refractivity contribution in [2.45, 2.75) is 26.3 Å². The van der Waals surface area contributed by atoms with Gasteiger partial charge in [-0.2, -0.15) is 5.26 Å². The molecule has 0 N–H and O–H groups in total. The first-order chi connectivity index (χ1) is 9.17. The lowest BCUT2D eigenvalue weighted by Gasteiger charge is -2.21. The molecule has 0 bridgehead atoms. The minimum absolute atomic E-state index is 0.0770. The van der Waals surface area contributed by atoms with Crippen LogP contribution in [0.25, 0.3) is 0 Å². The maximum atomic E-state index is 11.8. The smallest absolute Gasteiger partial charge is 0.223 e. The van der Waals surface area contributed by atoms with E-state index in [1.807, 2.05) is 18.2 Å². The Balaban J connectivity index is 2.32. The van der Waals surface area contributed by atoms with Crippen molar-refractivity contribution in [1.29, 1.82) is 5.26 Å². The Kier molecular flexibility index (Phi) is 6.69. The quantitative estimate of drug-likeness (QED) is 0.718.